The van der Waals surface area contributed by atoms with Crippen LogP contribution in [0.1, 0.15) is 50.4 Å². The Kier molecular flexibility index (Phi) is 10.7. The summed E-state index contributed by atoms with van der Waals surface area (Å²) in [6, 6.07) is 10.6. The number of para-hydroxylation sites is 1. The van der Waals surface area contributed by atoms with Gasteiger partial charge in [-0.2, -0.15) is 0 Å². The second-order valence-corrected chi connectivity index (χ2v) is 10.0. The van der Waals surface area contributed by atoms with Crippen LogP contribution < -0.4 is 14.5 Å². The highest BCUT2D eigenvalue weighted by molar-refractivity contribution is 7.22. The Hall–Kier alpha value is -2.95. The summed E-state index contributed by atoms with van der Waals surface area (Å²) < 4.78 is 6.68. The Bertz CT molecular complexity index is 1240. The highest BCUT2D eigenvalue weighted by Gasteiger charge is 2.27. The van der Waals surface area contributed by atoms with Gasteiger partial charge in [-0.1, -0.05) is 31.3 Å². The van der Waals surface area contributed by atoms with E-state index in [1.165, 1.54) is 17.4 Å². The lowest BCUT2D eigenvalue weighted by molar-refractivity contribution is -0.384. The molecule has 4 rings (SSSR count). The number of thiazole rings is 1. The number of amides is 1. The number of hydrogen-bond acceptors (Lipinski definition) is 8. The SMILES string of the molecule is CCOc1cccc2sc(N(CCN(CC)CC)C(=O)c3ccc(N4CCCCC4)c([N+](=O)[O-])c3)nc12.Cl. The van der Waals surface area contributed by atoms with Gasteiger partial charge in [0.2, 0.25) is 0 Å². The number of piperidine rings is 1. The number of aromatic nitrogens is 1. The van der Waals surface area contributed by atoms with Crippen LogP contribution in [0.2, 0.25) is 0 Å². The number of anilines is 2. The molecule has 1 aromatic heterocycles. The van der Waals surface area contributed by atoms with E-state index in [1.54, 1.807) is 17.0 Å². The van der Waals surface area contributed by atoms with Crippen LogP contribution in [-0.4, -0.2) is 66.6 Å². The van der Waals surface area contributed by atoms with E-state index in [-0.39, 0.29) is 34.5 Å². The highest BCUT2D eigenvalue weighted by atomic mass is 35.5. The molecule has 1 fully saturated rings. The lowest BCUT2D eigenvalue weighted by Crippen LogP contribution is -2.39. The minimum absolute atomic E-state index is 0. The van der Waals surface area contributed by atoms with Crippen LogP contribution in [0.25, 0.3) is 10.2 Å². The average molecular weight is 562 g/mol. The van der Waals surface area contributed by atoms with Crippen molar-refractivity contribution >= 4 is 56.4 Å². The van der Waals surface area contributed by atoms with Crippen molar-refractivity contribution in [3.05, 3.63) is 52.1 Å². The van der Waals surface area contributed by atoms with E-state index in [0.717, 1.165) is 55.7 Å². The first-order valence-electron chi connectivity index (χ1n) is 13.1. The van der Waals surface area contributed by atoms with Crippen LogP contribution >= 0.6 is 23.7 Å². The first-order valence-corrected chi connectivity index (χ1v) is 13.9. The molecule has 11 heteroatoms. The van der Waals surface area contributed by atoms with Crippen LogP contribution in [0, 0.1) is 10.1 Å². The fraction of sp³-hybridized carbons (Fsp3) is 0.481. The van der Waals surface area contributed by atoms with Crippen LogP contribution in [0.15, 0.2) is 36.4 Å². The zero-order valence-electron chi connectivity index (χ0n) is 22.2. The van der Waals surface area contributed by atoms with Gasteiger partial charge in [0.05, 0.1) is 16.2 Å². The van der Waals surface area contributed by atoms with E-state index in [0.29, 0.717) is 36.3 Å². The van der Waals surface area contributed by atoms with Crippen molar-refractivity contribution in [2.24, 2.45) is 0 Å². The molecule has 0 atom stereocenters. The zero-order chi connectivity index (χ0) is 26.4. The molecular weight excluding hydrogens is 526 g/mol. The summed E-state index contributed by atoms with van der Waals surface area (Å²) in [6.45, 7) is 11.0. The summed E-state index contributed by atoms with van der Waals surface area (Å²) in [6.07, 6.45) is 3.16. The number of hydrogen-bond donors (Lipinski definition) is 0. The van der Waals surface area contributed by atoms with Gasteiger partial charge < -0.3 is 14.5 Å². The molecule has 38 heavy (non-hydrogen) atoms. The molecule has 206 valence electrons. The summed E-state index contributed by atoms with van der Waals surface area (Å²) in [7, 11) is 0. The maximum Gasteiger partial charge on any atom is 0.293 e. The number of likely N-dealkylation sites (N-methyl/N-ethyl adjacent to an activating group) is 1. The van der Waals surface area contributed by atoms with Gasteiger partial charge in [-0.15, -0.1) is 12.4 Å². The van der Waals surface area contributed by atoms with Crippen LogP contribution in [0.4, 0.5) is 16.5 Å². The van der Waals surface area contributed by atoms with Gasteiger partial charge in [-0.25, -0.2) is 4.98 Å². The number of halogens is 1. The molecule has 0 aliphatic carbocycles. The van der Waals surface area contributed by atoms with E-state index < -0.39 is 0 Å². The molecule has 3 aromatic rings. The van der Waals surface area contributed by atoms with E-state index in [2.05, 4.69) is 23.6 Å². The van der Waals surface area contributed by atoms with Crippen molar-refractivity contribution in [1.82, 2.24) is 9.88 Å². The molecule has 0 saturated carbocycles. The minimum Gasteiger partial charge on any atom is -0.492 e. The third kappa shape index (κ3) is 6.54. The van der Waals surface area contributed by atoms with Gasteiger partial charge in [0.1, 0.15) is 17.0 Å². The number of nitrogens with zero attached hydrogens (tertiary/aromatic N) is 5. The molecule has 2 heterocycles. The molecule has 1 aliphatic heterocycles. The quantitative estimate of drug-likeness (QED) is 0.209. The predicted octanol–water partition coefficient (Wildman–Crippen LogP) is 6.00. The minimum atomic E-state index is -0.382. The Morgan fingerprint density at radius 3 is 2.50 bits per heavy atom. The smallest absolute Gasteiger partial charge is 0.293 e. The Balaban J connectivity index is 0.00000400. The second kappa shape index (κ2) is 13.7. The standard InChI is InChI=1S/C27H35N5O4S.ClH/c1-4-29(5-2)17-18-31(27-28-25-23(36-6-3)11-10-12-24(25)37-27)26(33)20-13-14-21(22(19-20)32(34)35)30-15-8-7-9-16-30;/h10-14,19H,4-9,15-18H2,1-3H3;1H. The number of carbonyl (C=O) groups excluding carboxylic acids is 1. The molecule has 0 N–H and O–H groups in total. The largest absolute Gasteiger partial charge is 0.492 e. The average Bonchev–Trinajstić information content (AvgIpc) is 3.36. The summed E-state index contributed by atoms with van der Waals surface area (Å²) in [4.78, 5) is 36.3. The number of rotatable bonds is 11. The Morgan fingerprint density at radius 2 is 1.84 bits per heavy atom. The Morgan fingerprint density at radius 1 is 1.11 bits per heavy atom. The fourth-order valence-electron chi connectivity index (χ4n) is 4.73. The monoisotopic (exact) mass is 561 g/mol. The number of nitro groups is 1. The highest BCUT2D eigenvalue weighted by Crippen LogP contribution is 2.36. The molecule has 1 amide bonds. The van der Waals surface area contributed by atoms with Crippen molar-refractivity contribution in [3.63, 3.8) is 0 Å². The molecule has 0 bridgehead atoms. The molecule has 0 radical (unpaired) electrons. The molecule has 9 nitrogen and oxygen atoms in total. The van der Waals surface area contributed by atoms with Crippen LogP contribution in [0.5, 0.6) is 5.75 Å². The van der Waals surface area contributed by atoms with E-state index >= 15 is 0 Å². The third-order valence-electron chi connectivity index (χ3n) is 6.80. The van der Waals surface area contributed by atoms with Crippen molar-refractivity contribution in [2.75, 3.05) is 55.7 Å². The number of ether oxygens (including phenoxy) is 1. The number of nitro benzene ring substituents is 1. The van der Waals surface area contributed by atoms with Gasteiger partial charge in [-0.05, 0) is 63.5 Å². The molecule has 1 saturated heterocycles. The third-order valence-corrected chi connectivity index (χ3v) is 7.84. The summed E-state index contributed by atoms with van der Waals surface area (Å²) in [5, 5.41) is 12.6. The number of carbonyl (C=O) groups is 1. The van der Waals surface area contributed by atoms with Crippen LogP contribution in [-0.2, 0) is 0 Å². The fourth-order valence-corrected chi connectivity index (χ4v) is 5.73. The van der Waals surface area contributed by atoms with Gasteiger partial charge in [-0.3, -0.25) is 19.8 Å². The first-order chi connectivity index (χ1) is 18.0. The molecule has 2 aromatic carbocycles. The normalized spacial score (nSPS) is 13.4. The van der Waals surface area contributed by atoms with E-state index in [9.17, 15) is 14.9 Å². The predicted molar refractivity (Wildman–Crippen MR) is 157 cm³/mol. The lowest BCUT2D eigenvalue weighted by atomic mass is 10.1. The molecular formula is C27H36ClN5O4S. The van der Waals surface area contributed by atoms with E-state index in [1.807, 2.05) is 25.1 Å². The topological polar surface area (TPSA) is 92.0 Å². The van der Waals surface area contributed by atoms with Gasteiger partial charge in [0.15, 0.2) is 5.13 Å². The van der Waals surface area contributed by atoms with Gasteiger partial charge >= 0.3 is 0 Å². The Labute approximate surface area is 233 Å². The van der Waals surface area contributed by atoms with Crippen molar-refractivity contribution < 1.29 is 14.5 Å². The van der Waals surface area contributed by atoms with Gasteiger partial charge in [0.25, 0.3) is 11.6 Å². The summed E-state index contributed by atoms with van der Waals surface area (Å²) in [5.74, 6) is 0.387. The maximum atomic E-state index is 13.9. The number of benzene rings is 2. The van der Waals surface area contributed by atoms with Crippen molar-refractivity contribution in [2.45, 2.75) is 40.0 Å². The summed E-state index contributed by atoms with van der Waals surface area (Å²) in [5.41, 5.74) is 1.56. The van der Waals surface area contributed by atoms with Gasteiger partial charge in [0, 0.05) is 37.8 Å². The lowest BCUT2D eigenvalue weighted by Gasteiger charge is -2.28. The van der Waals surface area contributed by atoms with Crippen LogP contribution in [0.3, 0.4) is 0 Å². The molecule has 1 aliphatic rings. The van der Waals surface area contributed by atoms with Crippen molar-refractivity contribution in [3.8, 4) is 5.75 Å². The maximum absolute atomic E-state index is 13.9. The second-order valence-electron chi connectivity index (χ2n) is 9.02. The molecule has 0 unspecified atom stereocenters. The molecule has 0 spiro atoms. The van der Waals surface area contributed by atoms with E-state index in [4.69, 9.17) is 9.72 Å². The zero-order valence-corrected chi connectivity index (χ0v) is 23.9. The summed E-state index contributed by atoms with van der Waals surface area (Å²) >= 11 is 1.42. The van der Waals surface area contributed by atoms with Crippen molar-refractivity contribution in [1.29, 1.82) is 0 Å². The number of fused-ring (bicyclic) bond motifs is 1. The first kappa shape index (κ1) is 29.6.